The second-order valence-electron chi connectivity index (χ2n) is 1.44. The van der Waals surface area contributed by atoms with Crippen molar-refractivity contribution in [2.45, 2.75) is 0 Å². The van der Waals surface area contributed by atoms with Gasteiger partial charge in [-0.3, -0.25) is 0 Å². The SMILES string of the molecule is Cn1[c-]nccc1=S.[CH3-].[W+2]. The van der Waals surface area contributed by atoms with Crippen molar-refractivity contribution in [2.75, 3.05) is 0 Å². The number of hydrogen-bond donors (Lipinski definition) is 0. The summed E-state index contributed by atoms with van der Waals surface area (Å²) in [6.45, 7) is 0. The molecular weight excluding hydrogens is 316 g/mol. The number of nitrogens with zero attached hydrogens (tertiary/aromatic N) is 2. The second-order valence-corrected chi connectivity index (χ2v) is 1.86. The van der Waals surface area contributed by atoms with E-state index in [1.54, 1.807) is 16.8 Å². The Hall–Kier alpha value is -0.0117. The summed E-state index contributed by atoms with van der Waals surface area (Å²) in [6, 6.07) is 1.76. The molecule has 0 bridgehead atoms. The van der Waals surface area contributed by atoms with Gasteiger partial charge in [0, 0.05) is 6.33 Å². The third-order valence-electron chi connectivity index (χ3n) is 0.830. The molecule has 1 heterocycles. The first kappa shape index (κ1) is 12.6. The predicted molar refractivity (Wildman–Crippen MR) is 39.3 cm³/mol. The Balaban J connectivity index is 0. The molecule has 0 atom stereocenters. The van der Waals surface area contributed by atoms with E-state index in [4.69, 9.17) is 12.2 Å². The summed E-state index contributed by atoms with van der Waals surface area (Å²) in [5.74, 6) is 0. The summed E-state index contributed by atoms with van der Waals surface area (Å²) in [5.41, 5.74) is 0. The van der Waals surface area contributed by atoms with E-state index in [2.05, 4.69) is 11.3 Å². The number of aryl methyl sites for hydroxylation is 1. The molecule has 0 N–H and O–H groups in total. The van der Waals surface area contributed by atoms with Crippen LogP contribution in [-0.4, -0.2) is 9.55 Å². The molecule has 1 aromatic rings. The Morgan fingerprint density at radius 3 is 2.60 bits per heavy atom. The van der Waals surface area contributed by atoms with Gasteiger partial charge in [0.05, 0.1) is 0 Å². The van der Waals surface area contributed by atoms with E-state index in [0.717, 1.165) is 4.64 Å². The van der Waals surface area contributed by atoms with Gasteiger partial charge >= 0.3 is 21.1 Å². The van der Waals surface area contributed by atoms with Gasteiger partial charge < -0.3 is 17.0 Å². The van der Waals surface area contributed by atoms with Gasteiger partial charge in [0.2, 0.25) is 0 Å². The van der Waals surface area contributed by atoms with E-state index in [-0.39, 0.29) is 28.5 Å². The third kappa shape index (κ3) is 3.23. The van der Waals surface area contributed by atoms with Gasteiger partial charge in [0.25, 0.3) is 0 Å². The van der Waals surface area contributed by atoms with Gasteiger partial charge in [-0.25, -0.2) is 0 Å². The van der Waals surface area contributed by atoms with Crippen LogP contribution in [0.3, 0.4) is 0 Å². The van der Waals surface area contributed by atoms with Crippen molar-refractivity contribution in [1.82, 2.24) is 9.55 Å². The summed E-state index contributed by atoms with van der Waals surface area (Å²) in [7, 11) is 1.81. The van der Waals surface area contributed by atoms with E-state index >= 15 is 0 Å². The summed E-state index contributed by atoms with van der Waals surface area (Å²) in [6.07, 6.45) is 4.29. The molecule has 54 valence electrons. The first-order valence-corrected chi connectivity index (χ1v) is 2.61. The maximum Gasteiger partial charge on any atom is 2.00 e. The fraction of sp³-hybridized carbons (Fsp3) is 0.167. The maximum atomic E-state index is 4.84. The summed E-state index contributed by atoms with van der Waals surface area (Å²) >= 11 is 4.84. The summed E-state index contributed by atoms with van der Waals surface area (Å²) in [4.78, 5) is 3.72. The molecule has 1 rings (SSSR count). The quantitative estimate of drug-likeness (QED) is 0.530. The molecule has 0 fully saturated rings. The van der Waals surface area contributed by atoms with Gasteiger partial charge in [0.15, 0.2) is 0 Å². The smallest absolute Gasteiger partial charge is 0.433 e. The Labute approximate surface area is 80.6 Å². The zero-order valence-electron chi connectivity index (χ0n) is 5.87. The molecule has 0 spiro atoms. The van der Waals surface area contributed by atoms with Crippen molar-refractivity contribution in [3.8, 4) is 0 Å². The minimum absolute atomic E-state index is 0. The molecule has 0 aliphatic rings. The van der Waals surface area contributed by atoms with Crippen molar-refractivity contribution in [3.63, 3.8) is 0 Å². The molecule has 0 saturated heterocycles. The molecule has 0 saturated carbocycles. The van der Waals surface area contributed by atoms with Crippen molar-refractivity contribution in [3.05, 3.63) is 30.7 Å². The number of aromatic nitrogens is 2. The normalized spacial score (nSPS) is 7.30. The average Bonchev–Trinajstić information content (AvgIpc) is 1.77. The number of rotatable bonds is 0. The maximum absolute atomic E-state index is 4.84. The molecule has 0 amide bonds. The molecule has 0 aliphatic carbocycles. The second kappa shape index (κ2) is 5.75. The molecule has 1 aromatic heterocycles. The van der Waals surface area contributed by atoms with E-state index in [0.29, 0.717) is 0 Å². The largest absolute Gasteiger partial charge is 2.00 e. The molecule has 0 aliphatic heterocycles. The van der Waals surface area contributed by atoms with Crippen LogP contribution in [-0.2, 0) is 28.1 Å². The van der Waals surface area contributed by atoms with Crippen LogP contribution in [0.5, 0.6) is 0 Å². The van der Waals surface area contributed by atoms with Crippen molar-refractivity contribution in [2.24, 2.45) is 7.05 Å². The van der Waals surface area contributed by atoms with Crippen LogP contribution < -0.4 is 0 Å². The molecule has 0 unspecified atom stereocenters. The van der Waals surface area contributed by atoms with Crippen molar-refractivity contribution >= 4 is 12.2 Å². The monoisotopic (exact) mass is 324 g/mol. The van der Waals surface area contributed by atoms with Crippen LogP contribution >= 0.6 is 12.2 Å². The van der Waals surface area contributed by atoms with Gasteiger partial charge in [-0.1, -0.05) is 6.20 Å². The van der Waals surface area contributed by atoms with Crippen LogP contribution in [0.4, 0.5) is 0 Å². The summed E-state index contributed by atoms with van der Waals surface area (Å²) < 4.78 is 2.41. The van der Waals surface area contributed by atoms with Gasteiger partial charge in [0.1, 0.15) is 0 Å². The minimum Gasteiger partial charge on any atom is -0.433 e. The fourth-order valence-corrected chi connectivity index (χ4v) is 0.484. The van der Waals surface area contributed by atoms with Crippen LogP contribution in [0.25, 0.3) is 0 Å². The predicted octanol–water partition coefficient (Wildman–Crippen LogP) is 1.40. The van der Waals surface area contributed by atoms with Gasteiger partial charge in [-0.2, -0.15) is 0 Å². The minimum atomic E-state index is 0. The molecule has 4 heteroatoms. The standard InChI is InChI=1S/C5H5N2S.CH3.W/c1-7-4-6-3-2-5(7)8;;/h2-3H,1H3;1H3;/q2*-1;+2. The van der Waals surface area contributed by atoms with Crippen LogP contribution in [0, 0.1) is 18.4 Å². The van der Waals surface area contributed by atoms with Crippen LogP contribution in [0.15, 0.2) is 12.3 Å². The number of hydrogen-bond acceptors (Lipinski definition) is 2. The molecule has 2 nitrogen and oxygen atoms in total. The Kier molecular flexibility index (Phi) is 7.27. The zero-order valence-corrected chi connectivity index (χ0v) is 9.62. The molecule has 10 heavy (non-hydrogen) atoms. The third-order valence-corrected chi connectivity index (χ3v) is 1.24. The van der Waals surface area contributed by atoms with E-state index < -0.39 is 0 Å². The summed E-state index contributed by atoms with van der Waals surface area (Å²) in [5, 5.41) is 0. The van der Waals surface area contributed by atoms with E-state index in [1.165, 1.54) is 0 Å². The van der Waals surface area contributed by atoms with Crippen molar-refractivity contribution < 1.29 is 21.1 Å². The first-order valence-electron chi connectivity index (χ1n) is 2.20. The first-order chi connectivity index (χ1) is 3.80. The van der Waals surface area contributed by atoms with Crippen molar-refractivity contribution in [1.29, 1.82) is 0 Å². The molecule has 0 aromatic carbocycles. The van der Waals surface area contributed by atoms with Crippen LogP contribution in [0.2, 0.25) is 0 Å². The van der Waals surface area contributed by atoms with E-state index in [9.17, 15) is 0 Å². The fourth-order valence-electron chi connectivity index (χ4n) is 0.382. The van der Waals surface area contributed by atoms with Crippen LogP contribution in [0.1, 0.15) is 0 Å². The Morgan fingerprint density at radius 2 is 2.30 bits per heavy atom. The van der Waals surface area contributed by atoms with Gasteiger partial charge in [-0.05, 0) is 11.7 Å². The topological polar surface area (TPSA) is 17.8 Å². The van der Waals surface area contributed by atoms with Gasteiger partial charge in [-0.15, -0.1) is 18.3 Å². The molecular formula is C6H8N2SW. The Morgan fingerprint density at radius 1 is 1.70 bits per heavy atom. The Bertz CT molecular complexity index is 233. The zero-order chi connectivity index (χ0) is 5.98. The van der Waals surface area contributed by atoms with E-state index in [1.807, 2.05) is 7.05 Å². The molecule has 0 radical (unpaired) electrons. The average molecular weight is 324 g/mol.